The molecule has 1 atom stereocenters. The van der Waals surface area contributed by atoms with Crippen LogP contribution in [-0.2, 0) is 0 Å². The zero-order valence-electron chi connectivity index (χ0n) is 14.4. The Morgan fingerprint density at radius 1 is 1.08 bits per heavy atom. The Morgan fingerprint density at radius 2 is 1.80 bits per heavy atom. The highest BCUT2D eigenvalue weighted by Gasteiger charge is 2.26. The molecule has 2 aliphatic rings. The van der Waals surface area contributed by atoms with E-state index in [2.05, 4.69) is 17.5 Å². The van der Waals surface area contributed by atoms with Crippen molar-refractivity contribution in [1.82, 2.24) is 15.1 Å². The molecule has 1 aliphatic heterocycles. The molecule has 1 unspecified atom stereocenters. The van der Waals surface area contributed by atoms with Gasteiger partial charge in [-0.2, -0.15) is 0 Å². The Labute approximate surface area is 148 Å². The number of benzene rings is 1. The molecule has 3 amide bonds. The molecule has 1 saturated heterocycles. The number of rotatable bonds is 3. The number of phenolic OH excluding ortho intramolecular Hbond substituents is 1. The zero-order chi connectivity index (χ0) is 17.6. The molecule has 6 heteroatoms. The predicted molar refractivity (Wildman–Crippen MR) is 95.5 cm³/mol. The fourth-order valence-corrected chi connectivity index (χ4v) is 3.32. The molecule has 25 heavy (non-hydrogen) atoms. The van der Waals surface area contributed by atoms with Crippen molar-refractivity contribution in [3.63, 3.8) is 0 Å². The molecule has 134 valence electrons. The van der Waals surface area contributed by atoms with Crippen molar-refractivity contribution in [3.05, 3.63) is 42.0 Å². The van der Waals surface area contributed by atoms with Crippen molar-refractivity contribution >= 4 is 11.9 Å². The lowest BCUT2D eigenvalue weighted by atomic mass is 9.94. The van der Waals surface area contributed by atoms with E-state index >= 15 is 0 Å². The van der Waals surface area contributed by atoms with Gasteiger partial charge in [0, 0.05) is 32.7 Å². The first-order valence-corrected chi connectivity index (χ1v) is 8.90. The van der Waals surface area contributed by atoms with E-state index in [4.69, 9.17) is 0 Å². The third-order valence-electron chi connectivity index (χ3n) is 4.91. The molecule has 1 fully saturated rings. The van der Waals surface area contributed by atoms with Gasteiger partial charge in [0.05, 0.1) is 5.56 Å². The molecule has 0 bridgehead atoms. The van der Waals surface area contributed by atoms with Gasteiger partial charge in [-0.05, 0) is 37.3 Å². The number of phenols is 1. The summed E-state index contributed by atoms with van der Waals surface area (Å²) in [5.74, 6) is 0.333. The number of piperazine rings is 1. The van der Waals surface area contributed by atoms with E-state index in [1.165, 1.54) is 6.07 Å². The molecule has 1 aromatic carbocycles. The second kappa shape index (κ2) is 8.05. The Balaban J connectivity index is 1.46. The minimum absolute atomic E-state index is 0.00537. The number of nitrogens with zero attached hydrogens (tertiary/aromatic N) is 2. The minimum atomic E-state index is -0.188. The summed E-state index contributed by atoms with van der Waals surface area (Å²) >= 11 is 0. The molecule has 0 saturated carbocycles. The average Bonchev–Trinajstić information content (AvgIpc) is 2.67. The van der Waals surface area contributed by atoms with Crippen LogP contribution in [0.5, 0.6) is 5.75 Å². The van der Waals surface area contributed by atoms with Gasteiger partial charge in [0.1, 0.15) is 5.75 Å². The summed E-state index contributed by atoms with van der Waals surface area (Å²) in [5, 5.41) is 12.8. The maximum atomic E-state index is 12.5. The first-order valence-electron chi connectivity index (χ1n) is 8.90. The van der Waals surface area contributed by atoms with Gasteiger partial charge in [0.15, 0.2) is 0 Å². The summed E-state index contributed by atoms with van der Waals surface area (Å²) < 4.78 is 0. The Bertz CT molecular complexity index is 651. The predicted octanol–water partition coefficient (Wildman–Crippen LogP) is 2.22. The summed E-state index contributed by atoms with van der Waals surface area (Å²) in [6.45, 7) is 2.69. The second-order valence-corrected chi connectivity index (χ2v) is 6.63. The van der Waals surface area contributed by atoms with E-state index in [-0.39, 0.29) is 17.7 Å². The first-order chi connectivity index (χ1) is 12.1. The van der Waals surface area contributed by atoms with E-state index in [0.717, 1.165) is 19.3 Å². The topological polar surface area (TPSA) is 72.9 Å². The maximum Gasteiger partial charge on any atom is 0.317 e. The van der Waals surface area contributed by atoms with Gasteiger partial charge >= 0.3 is 6.03 Å². The van der Waals surface area contributed by atoms with Gasteiger partial charge in [-0.25, -0.2) is 4.79 Å². The molecule has 1 aliphatic carbocycles. The lowest BCUT2D eigenvalue weighted by molar-refractivity contribution is 0.0661. The molecule has 0 radical (unpaired) electrons. The van der Waals surface area contributed by atoms with Crippen molar-refractivity contribution in [2.24, 2.45) is 5.92 Å². The average molecular weight is 343 g/mol. The van der Waals surface area contributed by atoms with Crippen molar-refractivity contribution in [2.45, 2.75) is 19.3 Å². The minimum Gasteiger partial charge on any atom is -0.507 e. The van der Waals surface area contributed by atoms with Crippen molar-refractivity contribution < 1.29 is 14.7 Å². The quantitative estimate of drug-likeness (QED) is 0.827. The summed E-state index contributed by atoms with van der Waals surface area (Å²) in [6, 6.07) is 6.50. The van der Waals surface area contributed by atoms with Gasteiger partial charge in [-0.1, -0.05) is 24.3 Å². The number of amides is 3. The number of hydrogen-bond donors (Lipinski definition) is 2. The fourth-order valence-electron chi connectivity index (χ4n) is 3.32. The normalized spacial score (nSPS) is 20.4. The van der Waals surface area contributed by atoms with Crippen LogP contribution in [0.1, 0.15) is 29.6 Å². The number of hydrogen-bond acceptors (Lipinski definition) is 3. The molecule has 1 aromatic rings. The summed E-state index contributed by atoms with van der Waals surface area (Å²) in [5.41, 5.74) is 0.311. The fraction of sp³-hybridized carbons (Fsp3) is 0.474. The Kier molecular flexibility index (Phi) is 5.58. The lowest BCUT2D eigenvalue weighted by Crippen LogP contribution is -2.53. The standard InChI is InChI=1S/C19H25N3O3/c23-17-9-5-4-8-16(17)18(24)21-10-12-22(13-11-21)19(25)20-14-15-6-2-1-3-7-15/h1-2,4-5,8-9,15,23H,3,6-7,10-14H2,(H,20,25). The third kappa shape index (κ3) is 4.32. The largest absolute Gasteiger partial charge is 0.507 e. The lowest BCUT2D eigenvalue weighted by Gasteiger charge is -2.35. The highest BCUT2D eigenvalue weighted by molar-refractivity contribution is 5.96. The summed E-state index contributed by atoms with van der Waals surface area (Å²) in [6.07, 6.45) is 7.62. The monoisotopic (exact) mass is 343 g/mol. The van der Waals surface area contributed by atoms with Gasteiger partial charge in [0.25, 0.3) is 5.91 Å². The van der Waals surface area contributed by atoms with E-state index in [0.29, 0.717) is 44.2 Å². The molecule has 6 nitrogen and oxygen atoms in total. The second-order valence-electron chi connectivity index (χ2n) is 6.63. The van der Waals surface area contributed by atoms with E-state index in [1.807, 2.05) is 0 Å². The molecular weight excluding hydrogens is 318 g/mol. The number of carbonyl (C=O) groups excluding carboxylic acids is 2. The van der Waals surface area contributed by atoms with Crippen LogP contribution in [0.4, 0.5) is 4.79 Å². The smallest absolute Gasteiger partial charge is 0.317 e. The van der Waals surface area contributed by atoms with Crippen LogP contribution >= 0.6 is 0 Å². The number of carbonyl (C=O) groups is 2. The van der Waals surface area contributed by atoms with Gasteiger partial charge in [-0.15, -0.1) is 0 Å². The number of allylic oxidation sites excluding steroid dienone is 2. The molecule has 2 N–H and O–H groups in total. The van der Waals surface area contributed by atoms with Gasteiger partial charge in [-0.3, -0.25) is 4.79 Å². The highest BCUT2D eigenvalue weighted by atomic mass is 16.3. The van der Waals surface area contributed by atoms with Gasteiger partial charge < -0.3 is 20.2 Å². The third-order valence-corrected chi connectivity index (χ3v) is 4.91. The van der Waals surface area contributed by atoms with Crippen LogP contribution in [-0.4, -0.2) is 59.6 Å². The van der Waals surface area contributed by atoms with Crippen LogP contribution in [0.2, 0.25) is 0 Å². The van der Waals surface area contributed by atoms with E-state index < -0.39 is 0 Å². The van der Waals surface area contributed by atoms with Crippen molar-refractivity contribution in [1.29, 1.82) is 0 Å². The summed E-state index contributed by atoms with van der Waals surface area (Å²) in [7, 11) is 0. The molecule has 1 heterocycles. The Hall–Kier alpha value is -2.50. The van der Waals surface area contributed by atoms with Crippen molar-refractivity contribution in [3.8, 4) is 5.75 Å². The van der Waals surface area contributed by atoms with E-state index in [9.17, 15) is 14.7 Å². The zero-order valence-corrected chi connectivity index (χ0v) is 14.4. The Morgan fingerprint density at radius 3 is 2.48 bits per heavy atom. The number of urea groups is 1. The molecule has 0 aromatic heterocycles. The number of para-hydroxylation sites is 1. The van der Waals surface area contributed by atoms with Crippen LogP contribution in [0.25, 0.3) is 0 Å². The van der Waals surface area contributed by atoms with Crippen LogP contribution in [0.3, 0.4) is 0 Å². The van der Waals surface area contributed by atoms with Crippen molar-refractivity contribution in [2.75, 3.05) is 32.7 Å². The molecular formula is C19H25N3O3. The summed E-state index contributed by atoms with van der Waals surface area (Å²) in [4.78, 5) is 28.2. The van der Waals surface area contributed by atoms with Crippen LogP contribution in [0, 0.1) is 5.92 Å². The maximum absolute atomic E-state index is 12.5. The molecule has 0 spiro atoms. The first kappa shape index (κ1) is 17.3. The number of aromatic hydroxyl groups is 1. The van der Waals surface area contributed by atoms with Crippen LogP contribution in [0.15, 0.2) is 36.4 Å². The van der Waals surface area contributed by atoms with E-state index in [1.54, 1.807) is 28.0 Å². The van der Waals surface area contributed by atoms with Crippen LogP contribution < -0.4 is 5.32 Å². The highest BCUT2D eigenvalue weighted by Crippen LogP contribution is 2.19. The molecule has 3 rings (SSSR count). The number of nitrogens with one attached hydrogen (secondary N) is 1. The van der Waals surface area contributed by atoms with Gasteiger partial charge in [0.2, 0.25) is 0 Å². The SMILES string of the molecule is O=C(NCC1CC=CCC1)N1CCN(C(=O)c2ccccc2O)CC1.